The molecule has 2 saturated heterocycles. The lowest BCUT2D eigenvalue weighted by Gasteiger charge is -2.35. The minimum atomic E-state index is -0.809. The first kappa shape index (κ1) is 31.7. The van der Waals surface area contributed by atoms with Gasteiger partial charge in [0.1, 0.15) is 11.8 Å². The lowest BCUT2D eigenvalue weighted by molar-refractivity contribution is -0.166. The molecular formula is C31H35Cl2N3O6. The smallest absolute Gasteiger partial charge is 0.310 e. The molecule has 5 rings (SSSR count). The molecule has 0 aromatic heterocycles. The number of ether oxygens (including phenoxy) is 1. The molecule has 1 N–H and O–H groups in total. The summed E-state index contributed by atoms with van der Waals surface area (Å²) in [5, 5.41) is 3.83. The number of carbonyl (C=O) groups excluding carboxylic acids is 5. The molecule has 1 unspecified atom stereocenters. The Morgan fingerprint density at radius 1 is 1.02 bits per heavy atom. The topological polar surface area (TPSA) is 113 Å². The third-order valence-electron chi connectivity index (χ3n) is 8.20. The Labute approximate surface area is 256 Å². The Morgan fingerprint density at radius 3 is 2.50 bits per heavy atom. The van der Waals surface area contributed by atoms with E-state index in [0.29, 0.717) is 42.7 Å². The van der Waals surface area contributed by atoms with Crippen molar-refractivity contribution >= 4 is 53.5 Å². The molecule has 2 aromatic carbocycles. The SMILES string of the molecule is Cc1ccc(CC(=O)CCc2ccc3c(c2)CN(C2CCC(=O)N(COC(=O)C4CCNCC4)C2=O)C3=O)cc1Cl.Cl. The molecule has 1 atom stereocenters. The van der Waals surface area contributed by atoms with Crippen molar-refractivity contribution in [3.8, 4) is 0 Å². The van der Waals surface area contributed by atoms with Gasteiger partial charge in [0.2, 0.25) is 5.91 Å². The van der Waals surface area contributed by atoms with E-state index in [1.807, 2.05) is 37.3 Å². The van der Waals surface area contributed by atoms with Gasteiger partial charge in [-0.3, -0.25) is 24.0 Å². The molecule has 0 spiro atoms. The van der Waals surface area contributed by atoms with Crippen molar-refractivity contribution in [3.05, 3.63) is 69.2 Å². The first-order valence-corrected chi connectivity index (χ1v) is 14.5. The van der Waals surface area contributed by atoms with Crippen LogP contribution in [0.25, 0.3) is 0 Å². The number of halogens is 2. The van der Waals surface area contributed by atoms with Crippen LogP contribution in [-0.4, -0.2) is 65.1 Å². The maximum Gasteiger partial charge on any atom is 0.310 e. The van der Waals surface area contributed by atoms with Crippen LogP contribution in [0.5, 0.6) is 0 Å². The highest BCUT2D eigenvalue weighted by molar-refractivity contribution is 6.31. The predicted octanol–water partition coefficient (Wildman–Crippen LogP) is 3.79. The number of likely N-dealkylation sites (tertiary alicyclic amines) is 1. The van der Waals surface area contributed by atoms with E-state index >= 15 is 0 Å². The second-order valence-corrected chi connectivity index (χ2v) is 11.5. The molecule has 11 heteroatoms. The summed E-state index contributed by atoms with van der Waals surface area (Å²) >= 11 is 6.18. The van der Waals surface area contributed by atoms with Crippen LogP contribution in [0.15, 0.2) is 36.4 Å². The van der Waals surface area contributed by atoms with Gasteiger partial charge in [-0.25, -0.2) is 4.90 Å². The van der Waals surface area contributed by atoms with Gasteiger partial charge in [0.05, 0.1) is 5.92 Å². The Balaban J connectivity index is 0.00000405. The first-order chi connectivity index (χ1) is 19.7. The van der Waals surface area contributed by atoms with Crippen LogP contribution >= 0.6 is 24.0 Å². The van der Waals surface area contributed by atoms with Crippen molar-refractivity contribution in [2.45, 2.75) is 64.5 Å². The van der Waals surface area contributed by atoms with Crippen LogP contribution in [-0.2, 0) is 43.3 Å². The monoisotopic (exact) mass is 615 g/mol. The summed E-state index contributed by atoms with van der Waals surface area (Å²) in [4.78, 5) is 66.6. The highest BCUT2D eigenvalue weighted by Crippen LogP contribution is 2.30. The van der Waals surface area contributed by atoms with Gasteiger partial charge >= 0.3 is 5.97 Å². The number of rotatable bonds is 9. The number of amides is 3. The summed E-state index contributed by atoms with van der Waals surface area (Å²) in [6, 6.07) is 10.3. The maximum atomic E-state index is 13.3. The number of imide groups is 1. The molecule has 42 heavy (non-hydrogen) atoms. The Bertz CT molecular complexity index is 1390. The summed E-state index contributed by atoms with van der Waals surface area (Å²) in [5.74, 6) is -1.76. The number of carbonyl (C=O) groups is 5. The van der Waals surface area contributed by atoms with E-state index in [1.165, 1.54) is 4.90 Å². The largest absolute Gasteiger partial charge is 0.443 e. The number of benzene rings is 2. The first-order valence-electron chi connectivity index (χ1n) is 14.1. The van der Waals surface area contributed by atoms with Crippen molar-refractivity contribution in [3.63, 3.8) is 0 Å². The molecule has 2 fully saturated rings. The number of esters is 1. The van der Waals surface area contributed by atoms with Gasteiger partial charge in [0, 0.05) is 36.4 Å². The van der Waals surface area contributed by atoms with Crippen molar-refractivity contribution in [1.82, 2.24) is 15.1 Å². The number of aryl methyl sites for hydroxylation is 2. The number of nitrogens with one attached hydrogen (secondary N) is 1. The molecule has 3 aliphatic rings. The van der Waals surface area contributed by atoms with E-state index in [9.17, 15) is 24.0 Å². The van der Waals surface area contributed by atoms with Crippen molar-refractivity contribution in [1.29, 1.82) is 0 Å². The molecule has 0 bridgehead atoms. The number of hydrogen-bond acceptors (Lipinski definition) is 7. The van der Waals surface area contributed by atoms with E-state index in [4.69, 9.17) is 16.3 Å². The third kappa shape index (κ3) is 7.02. The lowest BCUT2D eigenvalue weighted by atomic mass is 9.99. The quantitative estimate of drug-likeness (QED) is 0.337. The van der Waals surface area contributed by atoms with E-state index in [2.05, 4.69) is 5.32 Å². The lowest BCUT2D eigenvalue weighted by Crippen LogP contribution is -2.55. The van der Waals surface area contributed by atoms with Crippen molar-refractivity contribution in [2.75, 3.05) is 19.8 Å². The molecule has 3 amide bonds. The Hall–Kier alpha value is -3.27. The second kappa shape index (κ2) is 13.8. The van der Waals surface area contributed by atoms with Gasteiger partial charge in [-0.05, 0) is 80.1 Å². The summed E-state index contributed by atoms with van der Waals surface area (Å²) in [5.41, 5.74) is 4.09. The third-order valence-corrected chi connectivity index (χ3v) is 8.61. The van der Waals surface area contributed by atoms with E-state index in [-0.39, 0.29) is 49.4 Å². The van der Waals surface area contributed by atoms with E-state index in [1.54, 1.807) is 6.07 Å². The fraction of sp³-hybridized carbons (Fsp3) is 0.452. The number of hydrogen-bond donors (Lipinski definition) is 1. The standard InChI is InChI=1S/C31H34ClN3O6.ClH/c1-19-2-3-21(16-26(19)32)15-24(36)6-4-20-5-7-25-23(14-20)17-34(29(25)38)27-8-9-28(37)35(30(27)39)18-41-31(40)22-10-12-33-13-11-22;/h2-3,5,7,14,16,22,27,33H,4,6,8-13,15,17-18H2,1H3;1H. The number of ketones is 1. The Morgan fingerprint density at radius 2 is 1.76 bits per heavy atom. The molecule has 0 aliphatic carbocycles. The summed E-state index contributed by atoms with van der Waals surface area (Å²) in [7, 11) is 0. The minimum Gasteiger partial charge on any atom is -0.443 e. The van der Waals surface area contributed by atoms with Gasteiger partial charge in [-0.1, -0.05) is 35.9 Å². The van der Waals surface area contributed by atoms with Gasteiger partial charge in [-0.15, -0.1) is 12.4 Å². The summed E-state index contributed by atoms with van der Waals surface area (Å²) in [6.07, 6.45) is 2.82. The molecule has 2 aromatic rings. The van der Waals surface area contributed by atoms with Crippen LogP contribution in [0, 0.1) is 12.8 Å². The highest BCUT2D eigenvalue weighted by atomic mass is 35.5. The normalized spacial score (nSPS) is 19.0. The van der Waals surface area contributed by atoms with Crippen LogP contribution in [0.4, 0.5) is 0 Å². The van der Waals surface area contributed by atoms with Gasteiger partial charge in [-0.2, -0.15) is 0 Å². The van der Waals surface area contributed by atoms with Crippen LogP contribution in [0.3, 0.4) is 0 Å². The fourth-order valence-corrected chi connectivity index (χ4v) is 5.90. The summed E-state index contributed by atoms with van der Waals surface area (Å²) in [6.45, 7) is 3.18. The fourth-order valence-electron chi connectivity index (χ4n) is 5.70. The highest BCUT2D eigenvalue weighted by Gasteiger charge is 2.43. The van der Waals surface area contributed by atoms with Gasteiger partial charge in [0.25, 0.3) is 11.8 Å². The molecule has 0 radical (unpaired) electrons. The van der Waals surface area contributed by atoms with Crippen LogP contribution < -0.4 is 5.32 Å². The van der Waals surface area contributed by atoms with Crippen LogP contribution in [0.2, 0.25) is 5.02 Å². The van der Waals surface area contributed by atoms with Crippen molar-refractivity contribution in [2.24, 2.45) is 5.92 Å². The van der Waals surface area contributed by atoms with E-state index in [0.717, 1.165) is 40.2 Å². The maximum absolute atomic E-state index is 13.3. The average molecular weight is 617 g/mol. The molecule has 9 nitrogen and oxygen atoms in total. The second-order valence-electron chi connectivity index (χ2n) is 11.1. The zero-order chi connectivity index (χ0) is 29.1. The van der Waals surface area contributed by atoms with Gasteiger partial charge < -0.3 is 15.0 Å². The Kier molecular flexibility index (Phi) is 10.4. The molecule has 3 aliphatic heterocycles. The summed E-state index contributed by atoms with van der Waals surface area (Å²) < 4.78 is 5.35. The molecule has 224 valence electrons. The minimum absolute atomic E-state index is 0. The van der Waals surface area contributed by atoms with Crippen LogP contribution in [0.1, 0.15) is 64.7 Å². The van der Waals surface area contributed by atoms with Gasteiger partial charge in [0.15, 0.2) is 6.73 Å². The molecule has 0 saturated carbocycles. The predicted molar refractivity (Wildman–Crippen MR) is 158 cm³/mol. The number of fused-ring (bicyclic) bond motifs is 1. The molecular weight excluding hydrogens is 581 g/mol. The van der Waals surface area contributed by atoms with Crippen molar-refractivity contribution < 1.29 is 28.7 Å². The zero-order valence-electron chi connectivity index (χ0n) is 23.5. The average Bonchev–Trinajstić information content (AvgIpc) is 3.29. The van der Waals surface area contributed by atoms with E-state index < -0.39 is 30.6 Å². The molecule has 3 heterocycles. The zero-order valence-corrected chi connectivity index (χ0v) is 25.1. The number of nitrogens with zero attached hydrogens (tertiary/aromatic N) is 2. The number of Topliss-reactive ketones (excluding diaryl/α,β-unsaturated/α-hetero) is 1. The number of piperidine rings is 2.